The van der Waals surface area contributed by atoms with Crippen LogP contribution in [0.5, 0.6) is 5.75 Å². The minimum Gasteiger partial charge on any atom is -0.502 e. The molecule has 0 aliphatic carbocycles. The van der Waals surface area contributed by atoms with Crippen molar-refractivity contribution in [2.45, 2.75) is 12.8 Å². The molecule has 0 unspecified atom stereocenters. The summed E-state index contributed by atoms with van der Waals surface area (Å²) >= 11 is 0. The Balaban J connectivity index is 2.89. The van der Waals surface area contributed by atoms with Gasteiger partial charge in [-0.15, -0.1) is 0 Å². The van der Waals surface area contributed by atoms with Crippen LogP contribution >= 0.6 is 0 Å². The largest absolute Gasteiger partial charge is 0.502 e. The van der Waals surface area contributed by atoms with Gasteiger partial charge in [0.1, 0.15) is 0 Å². The molecule has 0 amide bonds. The van der Waals surface area contributed by atoms with Gasteiger partial charge in [-0.2, -0.15) is 0 Å². The lowest BCUT2D eigenvalue weighted by molar-refractivity contribution is -0.385. The van der Waals surface area contributed by atoms with Gasteiger partial charge in [-0.05, 0) is 24.5 Å². The Bertz CT molecular complexity index is 338. The number of nitro groups is 1. The van der Waals surface area contributed by atoms with E-state index in [9.17, 15) is 10.1 Å². The van der Waals surface area contributed by atoms with Gasteiger partial charge < -0.3 is 10.2 Å². The zero-order valence-corrected chi connectivity index (χ0v) is 7.51. The second kappa shape index (κ2) is 4.57. The van der Waals surface area contributed by atoms with E-state index >= 15 is 0 Å². The maximum Gasteiger partial charge on any atom is 0.310 e. The zero-order valence-electron chi connectivity index (χ0n) is 7.51. The van der Waals surface area contributed by atoms with Crippen LogP contribution in [0.1, 0.15) is 12.0 Å². The minimum absolute atomic E-state index is 0.0503. The van der Waals surface area contributed by atoms with E-state index in [2.05, 4.69) is 0 Å². The maximum atomic E-state index is 10.4. The number of hydrogen-bond acceptors (Lipinski definition) is 4. The normalized spacial score (nSPS) is 10.1. The van der Waals surface area contributed by atoms with Gasteiger partial charge in [0.25, 0.3) is 0 Å². The minimum atomic E-state index is -0.627. The van der Waals surface area contributed by atoms with Gasteiger partial charge >= 0.3 is 5.69 Å². The quantitative estimate of drug-likeness (QED) is 0.561. The second-order valence-corrected chi connectivity index (χ2v) is 2.91. The van der Waals surface area contributed by atoms with Crippen LogP contribution in [0.3, 0.4) is 0 Å². The third kappa shape index (κ3) is 2.43. The van der Waals surface area contributed by atoms with E-state index in [4.69, 9.17) is 10.2 Å². The summed E-state index contributed by atoms with van der Waals surface area (Å²) in [5.41, 5.74) is 0.448. The molecule has 2 N–H and O–H groups in total. The number of rotatable bonds is 4. The molecule has 0 saturated carbocycles. The van der Waals surface area contributed by atoms with E-state index in [0.29, 0.717) is 12.8 Å². The van der Waals surface area contributed by atoms with Gasteiger partial charge in [-0.1, -0.05) is 6.07 Å². The van der Waals surface area contributed by atoms with E-state index in [0.717, 1.165) is 5.56 Å². The fraction of sp³-hybridized carbons (Fsp3) is 0.333. The number of aryl methyl sites for hydroxylation is 1. The lowest BCUT2D eigenvalue weighted by Gasteiger charge is -2.00. The lowest BCUT2D eigenvalue weighted by atomic mass is 10.1. The highest BCUT2D eigenvalue weighted by atomic mass is 16.6. The second-order valence-electron chi connectivity index (χ2n) is 2.91. The summed E-state index contributed by atoms with van der Waals surface area (Å²) in [4.78, 5) is 9.82. The molecule has 1 aromatic carbocycles. The monoisotopic (exact) mass is 197 g/mol. The summed E-state index contributed by atoms with van der Waals surface area (Å²) in [6.07, 6.45) is 1.12. The molecule has 5 nitrogen and oxygen atoms in total. The van der Waals surface area contributed by atoms with Crippen molar-refractivity contribution in [1.82, 2.24) is 0 Å². The van der Waals surface area contributed by atoms with Crippen molar-refractivity contribution in [2.75, 3.05) is 6.61 Å². The Morgan fingerprint density at radius 1 is 1.43 bits per heavy atom. The number of phenols is 1. The molecule has 5 heteroatoms. The van der Waals surface area contributed by atoms with Gasteiger partial charge in [-0.3, -0.25) is 10.1 Å². The highest BCUT2D eigenvalue weighted by molar-refractivity contribution is 5.47. The van der Waals surface area contributed by atoms with Gasteiger partial charge in [0, 0.05) is 12.7 Å². The summed E-state index contributed by atoms with van der Waals surface area (Å²) in [6, 6.07) is 4.23. The Morgan fingerprint density at radius 2 is 2.14 bits per heavy atom. The first kappa shape index (κ1) is 10.5. The third-order valence-electron chi connectivity index (χ3n) is 1.86. The number of aliphatic hydroxyl groups excluding tert-OH is 1. The number of phenolic OH excluding ortho intramolecular Hbond substituents is 1. The molecular weight excluding hydrogens is 186 g/mol. The smallest absolute Gasteiger partial charge is 0.310 e. The average Bonchev–Trinajstić information content (AvgIpc) is 2.16. The number of hydrogen-bond donors (Lipinski definition) is 2. The fourth-order valence-electron chi connectivity index (χ4n) is 1.15. The standard InChI is InChI=1S/C9H11NO4/c11-5-1-2-7-3-4-9(12)8(6-7)10(13)14/h3-4,6,11-12H,1-2,5H2. The van der Waals surface area contributed by atoms with Gasteiger partial charge in [0.2, 0.25) is 0 Å². The van der Waals surface area contributed by atoms with Crippen LogP contribution in [0, 0.1) is 10.1 Å². The average molecular weight is 197 g/mol. The lowest BCUT2D eigenvalue weighted by Crippen LogP contribution is -1.93. The van der Waals surface area contributed by atoms with Crippen LogP contribution in [0.4, 0.5) is 5.69 Å². The van der Waals surface area contributed by atoms with Crippen LogP contribution in [-0.2, 0) is 6.42 Å². The van der Waals surface area contributed by atoms with Crippen LogP contribution < -0.4 is 0 Å². The van der Waals surface area contributed by atoms with Crippen molar-refractivity contribution in [3.05, 3.63) is 33.9 Å². The molecule has 0 atom stereocenters. The first-order valence-electron chi connectivity index (χ1n) is 4.22. The van der Waals surface area contributed by atoms with Crippen molar-refractivity contribution >= 4 is 5.69 Å². The predicted octanol–water partition coefficient (Wildman–Crippen LogP) is 1.23. The fourth-order valence-corrected chi connectivity index (χ4v) is 1.15. The van der Waals surface area contributed by atoms with Crippen LogP contribution in [0.2, 0.25) is 0 Å². The molecule has 0 spiro atoms. The first-order valence-corrected chi connectivity index (χ1v) is 4.22. The van der Waals surface area contributed by atoms with Crippen molar-refractivity contribution in [2.24, 2.45) is 0 Å². The van der Waals surface area contributed by atoms with Crippen molar-refractivity contribution in [3.63, 3.8) is 0 Å². The van der Waals surface area contributed by atoms with Crippen molar-refractivity contribution < 1.29 is 15.1 Å². The first-order chi connectivity index (χ1) is 6.65. The molecule has 76 valence electrons. The van der Waals surface area contributed by atoms with E-state index in [-0.39, 0.29) is 18.0 Å². The zero-order chi connectivity index (χ0) is 10.6. The van der Waals surface area contributed by atoms with Crippen molar-refractivity contribution in [3.8, 4) is 5.75 Å². The van der Waals surface area contributed by atoms with E-state index in [1.807, 2.05) is 0 Å². The maximum absolute atomic E-state index is 10.4. The molecule has 14 heavy (non-hydrogen) atoms. The molecule has 0 saturated heterocycles. The third-order valence-corrected chi connectivity index (χ3v) is 1.86. The summed E-state index contributed by atoms with van der Waals surface area (Å²) in [6.45, 7) is 0.0503. The molecule has 0 heterocycles. The number of aromatic hydroxyl groups is 1. The summed E-state index contributed by atoms with van der Waals surface area (Å²) in [5.74, 6) is -0.331. The Hall–Kier alpha value is -1.62. The number of nitrogens with zero attached hydrogens (tertiary/aromatic N) is 1. The number of benzene rings is 1. The van der Waals surface area contributed by atoms with Gasteiger partial charge in [0.05, 0.1) is 4.92 Å². The Morgan fingerprint density at radius 3 is 2.71 bits per heavy atom. The highest BCUT2D eigenvalue weighted by Crippen LogP contribution is 2.26. The van der Waals surface area contributed by atoms with Crippen LogP contribution in [0.15, 0.2) is 18.2 Å². The van der Waals surface area contributed by atoms with Crippen molar-refractivity contribution in [1.29, 1.82) is 0 Å². The SMILES string of the molecule is O=[N+]([O-])c1cc(CCCO)ccc1O. The molecule has 1 rings (SSSR count). The Kier molecular flexibility index (Phi) is 3.41. The predicted molar refractivity (Wildman–Crippen MR) is 50.2 cm³/mol. The summed E-state index contributed by atoms with van der Waals surface area (Å²) in [5, 5.41) is 28.2. The molecule has 0 aromatic heterocycles. The number of nitro benzene ring substituents is 1. The topological polar surface area (TPSA) is 83.6 Å². The van der Waals surface area contributed by atoms with E-state index in [1.165, 1.54) is 12.1 Å². The summed E-state index contributed by atoms with van der Waals surface area (Å²) < 4.78 is 0. The molecule has 0 aliphatic rings. The molecular formula is C9H11NO4. The molecule has 0 radical (unpaired) electrons. The number of aliphatic hydroxyl groups is 1. The molecule has 1 aromatic rings. The highest BCUT2D eigenvalue weighted by Gasteiger charge is 2.12. The van der Waals surface area contributed by atoms with Gasteiger partial charge in [-0.25, -0.2) is 0 Å². The van der Waals surface area contributed by atoms with E-state index in [1.54, 1.807) is 6.07 Å². The molecule has 0 aliphatic heterocycles. The van der Waals surface area contributed by atoms with E-state index < -0.39 is 4.92 Å². The van der Waals surface area contributed by atoms with Crippen LogP contribution in [0.25, 0.3) is 0 Å². The Labute approximate surface area is 80.8 Å². The molecule has 0 fully saturated rings. The van der Waals surface area contributed by atoms with Crippen LogP contribution in [-0.4, -0.2) is 21.7 Å². The summed E-state index contributed by atoms with van der Waals surface area (Å²) in [7, 11) is 0. The van der Waals surface area contributed by atoms with Gasteiger partial charge in [0.15, 0.2) is 5.75 Å². The molecule has 0 bridgehead atoms.